The van der Waals surface area contributed by atoms with E-state index in [1.54, 1.807) is 6.07 Å². The number of alkyl carbamates (subject to hydrolysis) is 1. The number of benzene rings is 3. The molecule has 3 aromatic carbocycles. The van der Waals surface area contributed by atoms with Crippen molar-refractivity contribution in [2.45, 2.75) is 12.5 Å². The Morgan fingerprint density at radius 2 is 1.57 bits per heavy atom. The summed E-state index contributed by atoms with van der Waals surface area (Å²) < 4.78 is 45.0. The lowest BCUT2D eigenvalue weighted by atomic mass is 9.79. The Labute approximate surface area is 185 Å². The number of nitrogens with one attached hydrogen (secondary N) is 1. The molecule has 0 bridgehead atoms. The standard InChI is InChI=1S/C22H17BF3INO2/c24-23(25,26)15-9-14(10-16(27)11-15)12-28-22(29)30-13-21-19-7-3-1-5-17(19)18-6-2-4-8-20(18)21/h1-11,21H,12-13H2,(H,28,29)/q-1. The first kappa shape index (κ1) is 20.8. The van der Waals surface area contributed by atoms with Crippen molar-refractivity contribution in [3.63, 3.8) is 0 Å². The fraction of sp³-hybridized carbons (Fsp3) is 0.136. The number of hydrogen-bond acceptors (Lipinski definition) is 2. The molecule has 0 saturated carbocycles. The number of fused-ring (bicyclic) bond motifs is 3. The van der Waals surface area contributed by atoms with Crippen molar-refractivity contribution >= 4 is 41.1 Å². The van der Waals surface area contributed by atoms with Crippen molar-refractivity contribution < 1.29 is 22.5 Å². The fourth-order valence-corrected chi connectivity index (χ4v) is 4.55. The molecule has 0 aromatic heterocycles. The minimum Gasteiger partial charge on any atom is -0.449 e. The zero-order chi connectivity index (χ0) is 21.3. The van der Waals surface area contributed by atoms with E-state index < -0.39 is 18.5 Å². The summed E-state index contributed by atoms with van der Waals surface area (Å²) in [6.45, 7) is -4.97. The predicted octanol–water partition coefficient (Wildman–Crippen LogP) is 5.38. The second-order valence-electron chi connectivity index (χ2n) is 7.15. The minimum atomic E-state index is -5.09. The third-order valence-corrected chi connectivity index (χ3v) is 5.76. The van der Waals surface area contributed by atoms with Crippen molar-refractivity contribution in [2.75, 3.05) is 6.61 Å². The molecule has 3 nitrogen and oxygen atoms in total. The van der Waals surface area contributed by atoms with Gasteiger partial charge in [-0.1, -0.05) is 60.7 Å². The van der Waals surface area contributed by atoms with Gasteiger partial charge in [0, 0.05) is 16.0 Å². The van der Waals surface area contributed by atoms with E-state index in [9.17, 15) is 17.7 Å². The first-order valence-corrected chi connectivity index (χ1v) is 10.5. The average molecular weight is 522 g/mol. The summed E-state index contributed by atoms with van der Waals surface area (Å²) in [6, 6.07) is 19.8. The molecule has 1 aliphatic carbocycles. The van der Waals surface area contributed by atoms with E-state index >= 15 is 0 Å². The minimum absolute atomic E-state index is 0.0350. The molecular weight excluding hydrogens is 505 g/mol. The number of rotatable bonds is 5. The van der Waals surface area contributed by atoms with Crippen molar-refractivity contribution in [2.24, 2.45) is 0 Å². The molecule has 0 saturated heterocycles. The van der Waals surface area contributed by atoms with Crippen LogP contribution in [0, 0.1) is 3.57 Å². The maximum atomic E-state index is 13.0. The molecule has 3 aromatic rings. The Hall–Kier alpha value is -2.49. The molecule has 4 rings (SSSR count). The van der Waals surface area contributed by atoms with Crippen LogP contribution in [0.4, 0.5) is 17.7 Å². The molecule has 0 fully saturated rings. The van der Waals surface area contributed by atoms with Crippen molar-refractivity contribution in [1.82, 2.24) is 5.32 Å². The number of ether oxygens (including phenoxy) is 1. The zero-order valence-corrected chi connectivity index (χ0v) is 17.9. The highest BCUT2D eigenvalue weighted by atomic mass is 127. The van der Waals surface area contributed by atoms with Crippen LogP contribution < -0.4 is 10.8 Å². The molecule has 0 heterocycles. The highest BCUT2D eigenvalue weighted by Crippen LogP contribution is 2.44. The summed E-state index contributed by atoms with van der Waals surface area (Å²) in [4.78, 5) is 12.2. The Morgan fingerprint density at radius 3 is 2.17 bits per heavy atom. The van der Waals surface area contributed by atoms with E-state index in [2.05, 4.69) is 5.32 Å². The zero-order valence-electron chi connectivity index (χ0n) is 15.7. The second kappa shape index (κ2) is 8.33. The van der Waals surface area contributed by atoms with Crippen molar-refractivity contribution in [1.29, 1.82) is 0 Å². The van der Waals surface area contributed by atoms with Gasteiger partial charge in [-0.2, -0.15) is 0 Å². The lowest BCUT2D eigenvalue weighted by Gasteiger charge is -2.17. The first-order valence-electron chi connectivity index (χ1n) is 9.41. The summed E-state index contributed by atoms with van der Waals surface area (Å²) in [6.07, 6.45) is -0.658. The fourth-order valence-electron chi connectivity index (χ4n) is 3.79. The summed E-state index contributed by atoms with van der Waals surface area (Å²) in [7, 11) is 0. The highest BCUT2D eigenvalue weighted by Gasteiger charge is 2.29. The Kier molecular flexibility index (Phi) is 5.77. The highest BCUT2D eigenvalue weighted by molar-refractivity contribution is 14.1. The van der Waals surface area contributed by atoms with Gasteiger partial charge >= 0.3 is 13.1 Å². The Morgan fingerprint density at radius 1 is 0.967 bits per heavy atom. The van der Waals surface area contributed by atoms with E-state index in [1.807, 2.05) is 71.1 Å². The van der Waals surface area contributed by atoms with Gasteiger partial charge in [0.05, 0.1) is 0 Å². The molecule has 8 heteroatoms. The van der Waals surface area contributed by atoms with E-state index in [-0.39, 0.29) is 19.1 Å². The number of carbonyl (C=O) groups excluding carboxylic acids is 1. The van der Waals surface area contributed by atoms with Crippen LogP contribution in [-0.4, -0.2) is 19.7 Å². The molecule has 1 N–H and O–H groups in total. The van der Waals surface area contributed by atoms with Gasteiger partial charge in [-0.15, -0.1) is 5.46 Å². The molecule has 30 heavy (non-hydrogen) atoms. The molecular formula is C22H17BF3INO2-. The molecule has 1 aliphatic rings. The van der Waals surface area contributed by atoms with Gasteiger partial charge in [-0.25, -0.2) is 4.79 Å². The molecule has 0 spiro atoms. The number of halogens is 4. The molecule has 0 atom stereocenters. The van der Waals surface area contributed by atoms with Gasteiger partial charge in [-0.05, 0) is 56.5 Å². The van der Waals surface area contributed by atoms with E-state index in [0.29, 0.717) is 9.13 Å². The SMILES string of the molecule is O=C(NCc1cc(I)cc([B-](F)(F)F)c1)OCC1c2ccccc2-c2ccccc21. The Balaban J connectivity index is 1.41. The summed E-state index contributed by atoms with van der Waals surface area (Å²) >= 11 is 1.84. The second-order valence-corrected chi connectivity index (χ2v) is 8.39. The smallest absolute Gasteiger partial charge is 0.449 e. The van der Waals surface area contributed by atoms with Crippen molar-refractivity contribution in [3.8, 4) is 11.1 Å². The predicted molar refractivity (Wildman–Crippen MR) is 120 cm³/mol. The number of hydrogen-bond donors (Lipinski definition) is 1. The van der Waals surface area contributed by atoms with E-state index in [4.69, 9.17) is 4.74 Å². The summed E-state index contributed by atoms with van der Waals surface area (Å²) in [5.41, 5.74) is 4.16. The molecule has 0 radical (unpaired) electrons. The molecule has 0 unspecified atom stereocenters. The molecule has 154 valence electrons. The van der Waals surface area contributed by atoms with E-state index in [0.717, 1.165) is 34.4 Å². The summed E-state index contributed by atoms with van der Waals surface area (Å²) in [5, 5.41) is 2.55. The lowest BCUT2D eigenvalue weighted by Crippen LogP contribution is -2.35. The number of carbonyl (C=O) groups is 1. The van der Waals surface area contributed by atoms with Gasteiger partial charge in [0.2, 0.25) is 0 Å². The maximum Gasteiger partial charge on any atom is 0.509 e. The largest absolute Gasteiger partial charge is 0.509 e. The molecule has 1 amide bonds. The monoisotopic (exact) mass is 522 g/mol. The van der Waals surface area contributed by atoms with Crippen LogP contribution in [0.5, 0.6) is 0 Å². The third-order valence-electron chi connectivity index (χ3n) is 5.14. The van der Waals surface area contributed by atoms with Gasteiger partial charge in [0.1, 0.15) is 6.61 Å². The third kappa shape index (κ3) is 4.33. The maximum absolute atomic E-state index is 13.0. The van der Waals surface area contributed by atoms with Gasteiger partial charge in [-0.3, -0.25) is 0 Å². The van der Waals surface area contributed by atoms with Crippen LogP contribution in [0.2, 0.25) is 0 Å². The molecule has 0 aliphatic heterocycles. The average Bonchev–Trinajstić information content (AvgIpc) is 3.03. The quantitative estimate of drug-likeness (QED) is 0.361. The topological polar surface area (TPSA) is 38.3 Å². The van der Waals surface area contributed by atoms with Gasteiger partial charge in [0.25, 0.3) is 0 Å². The van der Waals surface area contributed by atoms with Crippen LogP contribution in [-0.2, 0) is 11.3 Å². The van der Waals surface area contributed by atoms with E-state index in [1.165, 1.54) is 0 Å². The summed E-state index contributed by atoms with van der Waals surface area (Å²) in [5.74, 6) is -0.0691. The van der Waals surface area contributed by atoms with Crippen LogP contribution in [0.3, 0.4) is 0 Å². The Bertz CT molecular complexity index is 1060. The van der Waals surface area contributed by atoms with Crippen LogP contribution in [0.25, 0.3) is 11.1 Å². The van der Waals surface area contributed by atoms with Crippen molar-refractivity contribution in [3.05, 3.63) is 87.0 Å². The van der Waals surface area contributed by atoms with Crippen LogP contribution >= 0.6 is 22.6 Å². The normalized spacial score (nSPS) is 12.9. The van der Waals surface area contributed by atoms with Gasteiger partial charge < -0.3 is 23.0 Å². The lowest BCUT2D eigenvalue weighted by molar-refractivity contribution is 0.142. The van der Waals surface area contributed by atoms with Gasteiger partial charge in [0.15, 0.2) is 0 Å². The van der Waals surface area contributed by atoms with Crippen LogP contribution in [0.15, 0.2) is 66.7 Å². The number of amides is 1. The van der Waals surface area contributed by atoms with Crippen LogP contribution in [0.1, 0.15) is 22.6 Å². The first-order chi connectivity index (χ1) is 14.3.